The summed E-state index contributed by atoms with van der Waals surface area (Å²) in [5.74, 6) is -0.757. The van der Waals surface area contributed by atoms with Crippen LogP contribution in [0.5, 0.6) is 5.75 Å². The van der Waals surface area contributed by atoms with E-state index < -0.39 is 11.9 Å². The molecule has 0 spiro atoms. The molecule has 0 aliphatic carbocycles. The van der Waals surface area contributed by atoms with Gasteiger partial charge in [-0.05, 0) is 42.3 Å². The number of anilines is 1. The first-order chi connectivity index (χ1) is 12.0. The largest absolute Gasteiger partial charge is 0.425 e. The van der Waals surface area contributed by atoms with Gasteiger partial charge in [0.1, 0.15) is 12.3 Å². The number of carbonyl (C=O) groups is 3. The van der Waals surface area contributed by atoms with Crippen molar-refractivity contribution in [2.45, 2.75) is 20.3 Å². The Bertz CT molecular complexity index is 786. The van der Waals surface area contributed by atoms with E-state index in [0.717, 1.165) is 12.0 Å². The van der Waals surface area contributed by atoms with Crippen molar-refractivity contribution in [1.82, 2.24) is 5.32 Å². The molecule has 0 atom stereocenters. The number of rotatable bonds is 6. The van der Waals surface area contributed by atoms with Gasteiger partial charge in [0, 0.05) is 18.2 Å². The number of benzene rings is 2. The maximum atomic E-state index is 12.1. The maximum Gasteiger partial charge on any atom is 0.330 e. The molecule has 0 aliphatic rings. The Balaban J connectivity index is 1.90. The molecule has 0 fully saturated rings. The number of aryl methyl sites for hydroxylation is 1. The number of nitrogens with one attached hydrogen (secondary N) is 2. The summed E-state index contributed by atoms with van der Waals surface area (Å²) in [6, 6.07) is 13.7. The highest BCUT2D eigenvalue weighted by atomic mass is 16.5. The van der Waals surface area contributed by atoms with Gasteiger partial charge in [0.05, 0.1) is 0 Å². The molecule has 25 heavy (non-hydrogen) atoms. The van der Waals surface area contributed by atoms with Crippen molar-refractivity contribution < 1.29 is 19.1 Å². The summed E-state index contributed by atoms with van der Waals surface area (Å²) in [7, 11) is 0. The standard InChI is InChI=1S/C19H20N2O4/c1-3-14-6-4-9-17(10-14)25-18(23)12-20-19(24)15-7-5-8-16(11-15)21-13(2)22/h4-11H,3,12H2,1-2H3,(H,20,24)(H,21,22). The molecule has 0 unspecified atom stereocenters. The first-order valence-corrected chi connectivity index (χ1v) is 7.93. The molecule has 0 radical (unpaired) electrons. The van der Waals surface area contributed by atoms with Crippen LogP contribution in [0.25, 0.3) is 0 Å². The van der Waals surface area contributed by atoms with Crippen LogP contribution in [0.3, 0.4) is 0 Å². The van der Waals surface area contributed by atoms with E-state index in [1.165, 1.54) is 13.0 Å². The van der Waals surface area contributed by atoms with Gasteiger partial charge in [-0.2, -0.15) is 0 Å². The molecule has 0 saturated heterocycles. The lowest BCUT2D eigenvalue weighted by atomic mass is 10.2. The Morgan fingerprint density at radius 3 is 2.52 bits per heavy atom. The van der Waals surface area contributed by atoms with Gasteiger partial charge in [0.15, 0.2) is 0 Å². The lowest BCUT2D eigenvalue weighted by molar-refractivity contribution is -0.133. The quantitative estimate of drug-likeness (QED) is 0.625. The van der Waals surface area contributed by atoms with Crippen LogP contribution < -0.4 is 15.4 Å². The molecule has 6 heteroatoms. The summed E-state index contributed by atoms with van der Waals surface area (Å²) < 4.78 is 5.21. The summed E-state index contributed by atoms with van der Waals surface area (Å²) in [6.07, 6.45) is 0.840. The van der Waals surface area contributed by atoms with E-state index in [2.05, 4.69) is 10.6 Å². The first-order valence-electron chi connectivity index (χ1n) is 7.93. The molecule has 2 N–H and O–H groups in total. The fraction of sp³-hybridized carbons (Fsp3) is 0.211. The molecule has 2 aromatic rings. The second-order valence-electron chi connectivity index (χ2n) is 5.42. The second kappa shape index (κ2) is 8.63. The van der Waals surface area contributed by atoms with Crippen LogP contribution in [-0.4, -0.2) is 24.3 Å². The number of ether oxygens (including phenoxy) is 1. The zero-order valence-corrected chi connectivity index (χ0v) is 14.2. The number of carbonyl (C=O) groups excluding carboxylic acids is 3. The number of hydrogen-bond donors (Lipinski definition) is 2. The predicted octanol–water partition coefficient (Wildman–Crippen LogP) is 2.54. The van der Waals surface area contributed by atoms with Gasteiger partial charge in [-0.15, -0.1) is 0 Å². The maximum absolute atomic E-state index is 12.1. The Morgan fingerprint density at radius 2 is 1.80 bits per heavy atom. The summed E-state index contributed by atoms with van der Waals surface area (Å²) in [4.78, 5) is 35.0. The average Bonchev–Trinajstić information content (AvgIpc) is 2.59. The van der Waals surface area contributed by atoms with Crippen molar-refractivity contribution >= 4 is 23.5 Å². The third-order valence-corrected chi connectivity index (χ3v) is 3.38. The van der Waals surface area contributed by atoms with Crippen LogP contribution in [0.4, 0.5) is 5.69 Å². The van der Waals surface area contributed by atoms with Crippen molar-refractivity contribution in [3.8, 4) is 5.75 Å². The van der Waals surface area contributed by atoms with Crippen LogP contribution in [0, 0.1) is 0 Å². The highest BCUT2D eigenvalue weighted by Gasteiger charge is 2.10. The van der Waals surface area contributed by atoms with Gasteiger partial charge in [-0.1, -0.05) is 25.1 Å². The minimum atomic E-state index is -0.556. The van der Waals surface area contributed by atoms with Gasteiger partial charge < -0.3 is 15.4 Å². The monoisotopic (exact) mass is 340 g/mol. The molecule has 130 valence electrons. The lowest BCUT2D eigenvalue weighted by Gasteiger charge is -2.08. The summed E-state index contributed by atoms with van der Waals surface area (Å²) in [5, 5.41) is 5.10. The molecule has 0 saturated carbocycles. The Morgan fingerprint density at radius 1 is 1.04 bits per heavy atom. The molecular weight excluding hydrogens is 320 g/mol. The molecular formula is C19H20N2O4. The minimum absolute atomic E-state index is 0.226. The minimum Gasteiger partial charge on any atom is -0.425 e. The van der Waals surface area contributed by atoms with Crippen molar-refractivity contribution in [3.63, 3.8) is 0 Å². The van der Waals surface area contributed by atoms with Crippen molar-refractivity contribution in [1.29, 1.82) is 0 Å². The normalized spacial score (nSPS) is 10.0. The first kappa shape index (κ1) is 18.2. The molecule has 0 aliphatic heterocycles. The molecule has 0 heterocycles. The van der Waals surface area contributed by atoms with Crippen LogP contribution in [0.2, 0.25) is 0 Å². The molecule has 0 bridgehead atoms. The topological polar surface area (TPSA) is 84.5 Å². The van der Waals surface area contributed by atoms with E-state index in [1.807, 2.05) is 19.1 Å². The molecule has 2 rings (SSSR count). The zero-order chi connectivity index (χ0) is 18.2. The van der Waals surface area contributed by atoms with Crippen molar-refractivity contribution in [3.05, 3.63) is 59.7 Å². The fourth-order valence-corrected chi connectivity index (χ4v) is 2.19. The Kier molecular flexibility index (Phi) is 6.28. The van der Waals surface area contributed by atoms with Crippen molar-refractivity contribution in [2.24, 2.45) is 0 Å². The number of esters is 1. The van der Waals surface area contributed by atoms with Crippen LogP contribution in [-0.2, 0) is 16.0 Å². The molecule has 2 aromatic carbocycles. The Hall–Kier alpha value is -3.15. The van der Waals surface area contributed by atoms with Crippen LogP contribution >= 0.6 is 0 Å². The van der Waals surface area contributed by atoms with E-state index in [9.17, 15) is 14.4 Å². The van der Waals surface area contributed by atoms with Gasteiger partial charge in [-0.3, -0.25) is 9.59 Å². The summed E-state index contributed by atoms with van der Waals surface area (Å²) in [6.45, 7) is 3.14. The molecule has 6 nitrogen and oxygen atoms in total. The Labute approximate surface area is 146 Å². The number of hydrogen-bond acceptors (Lipinski definition) is 4. The highest BCUT2D eigenvalue weighted by Crippen LogP contribution is 2.14. The third-order valence-electron chi connectivity index (χ3n) is 3.38. The van der Waals surface area contributed by atoms with E-state index in [4.69, 9.17) is 4.74 Å². The SMILES string of the molecule is CCc1cccc(OC(=O)CNC(=O)c2cccc(NC(C)=O)c2)c1. The molecule has 0 aromatic heterocycles. The lowest BCUT2D eigenvalue weighted by Crippen LogP contribution is -2.31. The highest BCUT2D eigenvalue weighted by molar-refractivity contribution is 5.98. The van der Waals surface area contributed by atoms with Gasteiger partial charge in [0.2, 0.25) is 5.91 Å². The zero-order valence-electron chi connectivity index (χ0n) is 14.2. The van der Waals surface area contributed by atoms with E-state index in [1.54, 1.807) is 30.3 Å². The fourth-order valence-electron chi connectivity index (χ4n) is 2.19. The smallest absolute Gasteiger partial charge is 0.330 e. The van der Waals surface area contributed by atoms with E-state index in [-0.39, 0.29) is 12.5 Å². The summed E-state index contributed by atoms with van der Waals surface area (Å²) >= 11 is 0. The number of amides is 2. The average molecular weight is 340 g/mol. The van der Waals surface area contributed by atoms with Gasteiger partial charge >= 0.3 is 5.97 Å². The predicted molar refractivity (Wildman–Crippen MR) is 94.5 cm³/mol. The molecule has 2 amide bonds. The third kappa shape index (κ3) is 5.76. The van der Waals surface area contributed by atoms with Gasteiger partial charge in [0.25, 0.3) is 5.91 Å². The van der Waals surface area contributed by atoms with Crippen LogP contribution in [0.1, 0.15) is 29.8 Å². The second-order valence-corrected chi connectivity index (χ2v) is 5.42. The van der Waals surface area contributed by atoms with E-state index in [0.29, 0.717) is 17.0 Å². The van der Waals surface area contributed by atoms with Crippen LogP contribution in [0.15, 0.2) is 48.5 Å². The van der Waals surface area contributed by atoms with Crippen molar-refractivity contribution in [2.75, 3.05) is 11.9 Å². The summed E-state index contributed by atoms with van der Waals surface area (Å²) in [5.41, 5.74) is 1.91. The van der Waals surface area contributed by atoms with E-state index >= 15 is 0 Å². The van der Waals surface area contributed by atoms with Gasteiger partial charge in [-0.25, -0.2) is 4.79 Å².